The van der Waals surface area contributed by atoms with Crippen LogP contribution in [0, 0.1) is 5.92 Å². The quantitative estimate of drug-likeness (QED) is 0.595. The third-order valence-corrected chi connectivity index (χ3v) is 6.18. The predicted molar refractivity (Wildman–Crippen MR) is 123 cm³/mol. The fourth-order valence-corrected chi connectivity index (χ4v) is 4.28. The number of nitrogens with zero attached hydrogens (tertiary/aromatic N) is 4. The van der Waals surface area contributed by atoms with E-state index in [1.807, 2.05) is 44.3 Å². The van der Waals surface area contributed by atoms with Gasteiger partial charge in [-0.3, -0.25) is 9.59 Å². The molecule has 1 atom stereocenters. The largest absolute Gasteiger partial charge is 0.361 e. The number of amides is 2. The number of aryl methyl sites for hydroxylation is 1. The molecule has 0 spiro atoms. The standard InChI is InChI=1S/C24H32N6O2/c1-16(2)23(31)26-20(13-17-14-25-19-10-7-6-9-18(17)19)24(32)29(3)15-22-28-27-21-11-5-4-8-12-30(21)22/h6-7,9-10,14,16,20,25H,4-5,8,11-13,15H2,1-3H3,(H,26,31)/t20-/m1/s1. The summed E-state index contributed by atoms with van der Waals surface area (Å²) in [6, 6.07) is 7.33. The number of H-pyrrole nitrogens is 1. The van der Waals surface area contributed by atoms with E-state index < -0.39 is 6.04 Å². The van der Waals surface area contributed by atoms with Crippen LogP contribution in [-0.4, -0.2) is 49.6 Å². The summed E-state index contributed by atoms with van der Waals surface area (Å²) < 4.78 is 2.15. The Kier molecular flexibility index (Phi) is 6.58. The second kappa shape index (κ2) is 9.54. The highest BCUT2D eigenvalue weighted by Gasteiger charge is 2.27. The summed E-state index contributed by atoms with van der Waals surface area (Å²) in [6.07, 6.45) is 6.68. The maximum absolute atomic E-state index is 13.5. The number of carbonyl (C=O) groups is 2. The minimum atomic E-state index is -0.652. The summed E-state index contributed by atoms with van der Waals surface area (Å²) in [5.74, 6) is 1.34. The third kappa shape index (κ3) is 4.69. The van der Waals surface area contributed by atoms with Gasteiger partial charge in [0.1, 0.15) is 11.9 Å². The summed E-state index contributed by atoms with van der Waals surface area (Å²) in [6.45, 7) is 4.92. The van der Waals surface area contributed by atoms with Crippen LogP contribution < -0.4 is 5.32 Å². The zero-order valence-corrected chi connectivity index (χ0v) is 19.1. The van der Waals surface area contributed by atoms with E-state index in [2.05, 4.69) is 25.1 Å². The summed E-state index contributed by atoms with van der Waals surface area (Å²) in [7, 11) is 1.77. The topological polar surface area (TPSA) is 95.9 Å². The summed E-state index contributed by atoms with van der Waals surface area (Å²) in [5.41, 5.74) is 2.02. The lowest BCUT2D eigenvalue weighted by atomic mass is 10.0. The van der Waals surface area contributed by atoms with Crippen LogP contribution in [0.1, 0.15) is 50.3 Å². The van der Waals surface area contributed by atoms with E-state index in [1.165, 1.54) is 6.42 Å². The van der Waals surface area contributed by atoms with Crippen molar-refractivity contribution in [3.63, 3.8) is 0 Å². The Bertz CT molecular complexity index is 1100. The number of hydrogen-bond donors (Lipinski definition) is 2. The van der Waals surface area contributed by atoms with Gasteiger partial charge < -0.3 is 19.8 Å². The first-order valence-electron chi connectivity index (χ1n) is 11.5. The molecule has 3 aromatic rings. The Hall–Kier alpha value is -3.16. The van der Waals surface area contributed by atoms with Crippen molar-refractivity contribution >= 4 is 22.7 Å². The molecule has 0 saturated heterocycles. The number of aromatic amines is 1. The van der Waals surface area contributed by atoms with Crippen molar-refractivity contribution in [1.29, 1.82) is 0 Å². The molecule has 0 radical (unpaired) electrons. The summed E-state index contributed by atoms with van der Waals surface area (Å²) in [4.78, 5) is 30.9. The van der Waals surface area contributed by atoms with E-state index in [0.717, 1.165) is 53.9 Å². The molecule has 170 valence electrons. The van der Waals surface area contributed by atoms with Crippen LogP contribution in [-0.2, 0) is 35.5 Å². The van der Waals surface area contributed by atoms with Gasteiger partial charge in [-0.15, -0.1) is 10.2 Å². The second-order valence-corrected chi connectivity index (χ2v) is 8.97. The number of fused-ring (bicyclic) bond motifs is 2. The van der Waals surface area contributed by atoms with E-state index in [1.54, 1.807) is 11.9 Å². The zero-order valence-electron chi connectivity index (χ0n) is 19.1. The Morgan fingerprint density at radius 2 is 2.00 bits per heavy atom. The number of nitrogens with one attached hydrogen (secondary N) is 2. The highest BCUT2D eigenvalue weighted by atomic mass is 16.2. The molecule has 8 heteroatoms. The van der Waals surface area contributed by atoms with Gasteiger partial charge in [0.05, 0.1) is 6.54 Å². The molecule has 32 heavy (non-hydrogen) atoms. The number of para-hydroxylation sites is 1. The molecule has 0 bridgehead atoms. The molecule has 2 N–H and O–H groups in total. The highest BCUT2D eigenvalue weighted by molar-refractivity contribution is 5.90. The van der Waals surface area contributed by atoms with Gasteiger partial charge >= 0.3 is 0 Å². The average Bonchev–Trinajstić information content (AvgIpc) is 3.27. The molecular weight excluding hydrogens is 404 g/mol. The van der Waals surface area contributed by atoms with Crippen molar-refractivity contribution in [3.8, 4) is 0 Å². The summed E-state index contributed by atoms with van der Waals surface area (Å²) >= 11 is 0. The first-order chi connectivity index (χ1) is 15.4. The van der Waals surface area contributed by atoms with Crippen LogP contribution in [0.15, 0.2) is 30.5 Å². The van der Waals surface area contributed by atoms with Crippen molar-refractivity contribution in [2.75, 3.05) is 7.05 Å². The van der Waals surface area contributed by atoms with Crippen molar-refractivity contribution in [2.45, 2.75) is 65.1 Å². The molecule has 2 aromatic heterocycles. The molecule has 0 saturated carbocycles. The van der Waals surface area contributed by atoms with Crippen LogP contribution >= 0.6 is 0 Å². The fourth-order valence-electron chi connectivity index (χ4n) is 4.28. The molecule has 3 heterocycles. The highest BCUT2D eigenvalue weighted by Crippen LogP contribution is 2.20. The Morgan fingerprint density at radius 1 is 1.19 bits per heavy atom. The minimum absolute atomic E-state index is 0.129. The number of aromatic nitrogens is 4. The minimum Gasteiger partial charge on any atom is -0.361 e. The molecule has 1 aromatic carbocycles. The van der Waals surface area contributed by atoms with Gasteiger partial charge in [0.25, 0.3) is 0 Å². The zero-order chi connectivity index (χ0) is 22.7. The van der Waals surface area contributed by atoms with Gasteiger partial charge in [0, 0.05) is 49.5 Å². The lowest BCUT2D eigenvalue weighted by molar-refractivity contribution is -0.136. The first kappa shape index (κ1) is 22.0. The van der Waals surface area contributed by atoms with E-state index in [4.69, 9.17) is 0 Å². The van der Waals surface area contributed by atoms with Gasteiger partial charge in [-0.05, 0) is 24.5 Å². The first-order valence-corrected chi connectivity index (χ1v) is 11.5. The molecule has 4 rings (SSSR count). The van der Waals surface area contributed by atoms with Crippen molar-refractivity contribution in [2.24, 2.45) is 5.92 Å². The van der Waals surface area contributed by atoms with E-state index >= 15 is 0 Å². The van der Waals surface area contributed by atoms with Crippen molar-refractivity contribution < 1.29 is 9.59 Å². The van der Waals surface area contributed by atoms with E-state index in [9.17, 15) is 9.59 Å². The van der Waals surface area contributed by atoms with Crippen LogP contribution in [0.4, 0.5) is 0 Å². The number of benzene rings is 1. The second-order valence-electron chi connectivity index (χ2n) is 8.97. The number of hydrogen-bond acceptors (Lipinski definition) is 4. The Balaban J connectivity index is 1.54. The van der Waals surface area contributed by atoms with Gasteiger partial charge in [-0.2, -0.15) is 0 Å². The lowest BCUT2D eigenvalue weighted by Gasteiger charge is -2.25. The number of carbonyl (C=O) groups excluding carboxylic acids is 2. The van der Waals surface area contributed by atoms with Gasteiger partial charge in [0.2, 0.25) is 11.8 Å². The molecular formula is C24H32N6O2. The van der Waals surface area contributed by atoms with Crippen LogP contribution in [0.5, 0.6) is 0 Å². The Labute approximate surface area is 188 Å². The molecule has 0 unspecified atom stereocenters. The maximum Gasteiger partial charge on any atom is 0.245 e. The van der Waals surface area contributed by atoms with Gasteiger partial charge in [0.15, 0.2) is 5.82 Å². The molecule has 0 fully saturated rings. The van der Waals surface area contributed by atoms with Crippen LogP contribution in [0.3, 0.4) is 0 Å². The summed E-state index contributed by atoms with van der Waals surface area (Å²) in [5, 5.41) is 12.7. The van der Waals surface area contributed by atoms with Crippen molar-refractivity contribution in [1.82, 2.24) is 30.0 Å². The SMILES string of the molecule is CC(C)C(=O)N[C@H](Cc1c[nH]c2ccccc12)C(=O)N(C)Cc1nnc2n1CCCCC2. The lowest BCUT2D eigenvalue weighted by Crippen LogP contribution is -2.49. The molecule has 0 aliphatic carbocycles. The van der Waals surface area contributed by atoms with Gasteiger partial charge in [-0.1, -0.05) is 38.5 Å². The normalized spacial score (nSPS) is 14.8. The maximum atomic E-state index is 13.5. The van der Waals surface area contributed by atoms with Crippen molar-refractivity contribution in [3.05, 3.63) is 47.7 Å². The van der Waals surface area contributed by atoms with E-state index in [-0.39, 0.29) is 17.7 Å². The Morgan fingerprint density at radius 3 is 2.81 bits per heavy atom. The number of rotatable bonds is 7. The average molecular weight is 437 g/mol. The molecule has 1 aliphatic rings. The van der Waals surface area contributed by atoms with Crippen LogP contribution in [0.25, 0.3) is 10.9 Å². The van der Waals surface area contributed by atoms with Crippen LogP contribution in [0.2, 0.25) is 0 Å². The van der Waals surface area contributed by atoms with Gasteiger partial charge in [-0.25, -0.2) is 0 Å². The number of likely N-dealkylation sites (N-methyl/N-ethyl adjacent to an activating group) is 1. The van der Waals surface area contributed by atoms with E-state index in [0.29, 0.717) is 13.0 Å². The monoisotopic (exact) mass is 436 g/mol. The smallest absolute Gasteiger partial charge is 0.245 e. The third-order valence-electron chi connectivity index (χ3n) is 6.18. The predicted octanol–water partition coefficient (Wildman–Crippen LogP) is 2.83. The molecule has 1 aliphatic heterocycles. The molecule has 8 nitrogen and oxygen atoms in total. The molecule has 2 amide bonds. The fraction of sp³-hybridized carbons (Fsp3) is 0.500.